The number of hydrogen-bond donors (Lipinski definition) is 2. The normalized spacial score (nSPS) is 13.4. The first-order chi connectivity index (χ1) is 8.08. The summed E-state index contributed by atoms with van der Waals surface area (Å²) >= 11 is 0. The van der Waals surface area contributed by atoms with Gasteiger partial charge >= 0.3 is 0 Å². The van der Waals surface area contributed by atoms with Crippen LogP contribution in [0.3, 0.4) is 0 Å². The Bertz CT molecular complexity index is 488. The Hall–Kier alpha value is -2.11. The highest BCUT2D eigenvalue weighted by Crippen LogP contribution is 2.32. The smallest absolute Gasteiger partial charge is 0.262 e. The summed E-state index contributed by atoms with van der Waals surface area (Å²) in [5, 5.41) is 4.89. The lowest BCUT2D eigenvalue weighted by Gasteiger charge is -2.19. The Morgan fingerprint density at radius 2 is 2.35 bits per heavy atom. The van der Waals surface area contributed by atoms with E-state index in [-0.39, 0.29) is 24.7 Å². The van der Waals surface area contributed by atoms with Crippen LogP contribution >= 0.6 is 0 Å². The van der Waals surface area contributed by atoms with Crippen LogP contribution in [0.15, 0.2) is 12.1 Å². The van der Waals surface area contributed by atoms with Crippen molar-refractivity contribution < 1.29 is 18.7 Å². The number of halogens is 1. The van der Waals surface area contributed by atoms with Gasteiger partial charge in [-0.15, -0.1) is 0 Å². The van der Waals surface area contributed by atoms with Crippen LogP contribution in [-0.4, -0.2) is 18.4 Å². The molecule has 0 atom stereocenters. The van der Waals surface area contributed by atoms with Crippen LogP contribution in [0.5, 0.6) is 5.75 Å². The van der Waals surface area contributed by atoms with Crippen LogP contribution in [0.1, 0.15) is 12.5 Å². The van der Waals surface area contributed by atoms with Crippen molar-refractivity contribution in [1.82, 2.24) is 5.32 Å². The van der Waals surface area contributed by atoms with Crippen molar-refractivity contribution in [2.24, 2.45) is 0 Å². The van der Waals surface area contributed by atoms with Crippen molar-refractivity contribution in [2.45, 2.75) is 13.5 Å². The lowest BCUT2D eigenvalue weighted by Crippen LogP contribution is -2.27. The van der Waals surface area contributed by atoms with Gasteiger partial charge in [0.15, 0.2) is 12.4 Å². The Morgan fingerprint density at radius 3 is 3.06 bits per heavy atom. The van der Waals surface area contributed by atoms with Gasteiger partial charge in [0.1, 0.15) is 11.4 Å². The number of anilines is 1. The summed E-state index contributed by atoms with van der Waals surface area (Å²) in [6, 6.07) is 3.08. The summed E-state index contributed by atoms with van der Waals surface area (Å²) in [5.41, 5.74) is 0.328. The van der Waals surface area contributed by atoms with Gasteiger partial charge in [0.25, 0.3) is 5.91 Å². The molecule has 0 aromatic heterocycles. The van der Waals surface area contributed by atoms with E-state index in [1.54, 1.807) is 6.07 Å². The number of fused-ring (bicyclic) bond motifs is 1. The molecule has 6 heteroatoms. The van der Waals surface area contributed by atoms with Crippen LogP contribution in [-0.2, 0) is 16.1 Å². The van der Waals surface area contributed by atoms with E-state index in [0.29, 0.717) is 11.3 Å². The molecule has 2 N–H and O–H groups in total. The van der Waals surface area contributed by atoms with Crippen molar-refractivity contribution in [3.63, 3.8) is 0 Å². The predicted octanol–water partition coefficient (Wildman–Crippen LogP) is 0.793. The predicted molar refractivity (Wildman–Crippen MR) is 58.0 cm³/mol. The van der Waals surface area contributed by atoms with Crippen LogP contribution in [0.2, 0.25) is 0 Å². The van der Waals surface area contributed by atoms with E-state index >= 15 is 0 Å². The molecule has 0 bridgehead atoms. The average molecular weight is 238 g/mol. The SMILES string of the molecule is CC(=O)NCc1ccc2c(c1F)NC(=O)CO2. The zero-order chi connectivity index (χ0) is 12.4. The molecular formula is C11H11FN2O3. The molecule has 17 heavy (non-hydrogen) atoms. The van der Waals surface area contributed by atoms with Gasteiger partial charge in [-0.1, -0.05) is 6.07 Å². The van der Waals surface area contributed by atoms with E-state index in [1.807, 2.05) is 0 Å². The number of nitrogens with one attached hydrogen (secondary N) is 2. The number of hydrogen-bond acceptors (Lipinski definition) is 3. The van der Waals surface area contributed by atoms with E-state index < -0.39 is 11.7 Å². The summed E-state index contributed by atoms with van der Waals surface area (Å²) in [5.74, 6) is -0.923. The second-order valence-corrected chi connectivity index (χ2v) is 3.66. The molecule has 0 fully saturated rings. The molecule has 1 heterocycles. The number of ether oxygens (including phenoxy) is 1. The maximum Gasteiger partial charge on any atom is 0.262 e. The van der Waals surface area contributed by atoms with Gasteiger partial charge in [-0.25, -0.2) is 4.39 Å². The van der Waals surface area contributed by atoms with Crippen molar-refractivity contribution in [3.05, 3.63) is 23.5 Å². The summed E-state index contributed by atoms with van der Waals surface area (Å²) in [6.07, 6.45) is 0. The third kappa shape index (κ3) is 2.35. The molecule has 1 aromatic carbocycles. The van der Waals surface area contributed by atoms with E-state index in [1.165, 1.54) is 13.0 Å². The molecule has 0 aliphatic carbocycles. The van der Waals surface area contributed by atoms with Crippen LogP contribution in [0, 0.1) is 5.82 Å². The van der Waals surface area contributed by atoms with Gasteiger partial charge in [-0.3, -0.25) is 9.59 Å². The van der Waals surface area contributed by atoms with E-state index in [0.717, 1.165) is 0 Å². The van der Waals surface area contributed by atoms with Crippen LogP contribution in [0.4, 0.5) is 10.1 Å². The van der Waals surface area contributed by atoms with Crippen LogP contribution in [0.25, 0.3) is 0 Å². The molecule has 2 rings (SSSR count). The molecule has 0 spiro atoms. The summed E-state index contributed by atoms with van der Waals surface area (Å²) < 4.78 is 19.0. The minimum absolute atomic E-state index is 0.0316. The first-order valence-corrected chi connectivity index (χ1v) is 5.06. The first-order valence-electron chi connectivity index (χ1n) is 5.06. The van der Waals surface area contributed by atoms with Crippen molar-refractivity contribution in [1.29, 1.82) is 0 Å². The fourth-order valence-corrected chi connectivity index (χ4v) is 1.51. The lowest BCUT2D eigenvalue weighted by atomic mass is 10.1. The monoisotopic (exact) mass is 238 g/mol. The molecule has 1 aromatic rings. The minimum atomic E-state index is -0.579. The molecule has 90 valence electrons. The lowest BCUT2D eigenvalue weighted by molar-refractivity contribution is -0.119. The zero-order valence-corrected chi connectivity index (χ0v) is 9.17. The van der Waals surface area contributed by atoms with Gasteiger partial charge in [0.05, 0.1) is 0 Å². The fourth-order valence-electron chi connectivity index (χ4n) is 1.51. The Morgan fingerprint density at radius 1 is 1.59 bits per heavy atom. The molecular weight excluding hydrogens is 227 g/mol. The van der Waals surface area contributed by atoms with E-state index in [2.05, 4.69) is 10.6 Å². The second-order valence-electron chi connectivity index (χ2n) is 3.66. The number of carbonyl (C=O) groups excluding carboxylic acids is 2. The maximum absolute atomic E-state index is 13.9. The second kappa shape index (κ2) is 4.40. The molecule has 1 aliphatic heterocycles. The molecule has 2 amide bonds. The van der Waals surface area contributed by atoms with Crippen molar-refractivity contribution in [3.8, 4) is 5.75 Å². The van der Waals surface area contributed by atoms with Gasteiger partial charge in [-0.05, 0) is 6.07 Å². The van der Waals surface area contributed by atoms with Gasteiger partial charge in [0.2, 0.25) is 5.91 Å². The fraction of sp³-hybridized carbons (Fsp3) is 0.273. The molecule has 0 saturated carbocycles. The third-order valence-electron chi connectivity index (χ3n) is 2.33. The molecule has 0 unspecified atom stereocenters. The minimum Gasteiger partial charge on any atom is -0.481 e. The number of carbonyl (C=O) groups is 2. The van der Waals surface area contributed by atoms with E-state index in [9.17, 15) is 14.0 Å². The largest absolute Gasteiger partial charge is 0.481 e. The number of amides is 2. The Balaban J connectivity index is 2.28. The molecule has 0 saturated heterocycles. The summed E-state index contributed by atoms with van der Waals surface area (Å²) in [6.45, 7) is 1.31. The quantitative estimate of drug-likeness (QED) is 0.800. The maximum atomic E-state index is 13.9. The topological polar surface area (TPSA) is 67.4 Å². The highest BCUT2D eigenvalue weighted by Gasteiger charge is 2.21. The Kier molecular flexibility index (Phi) is 2.95. The van der Waals surface area contributed by atoms with Crippen molar-refractivity contribution in [2.75, 3.05) is 11.9 Å². The Labute approximate surface area is 97.0 Å². The number of rotatable bonds is 2. The van der Waals surface area contributed by atoms with Gasteiger partial charge in [-0.2, -0.15) is 0 Å². The van der Waals surface area contributed by atoms with Crippen molar-refractivity contribution >= 4 is 17.5 Å². The van der Waals surface area contributed by atoms with Crippen LogP contribution < -0.4 is 15.4 Å². The first kappa shape index (κ1) is 11.4. The summed E-state index contributed by atoms with van der Waals surface area (Å²) in [4.78, 5) is 21.8. The highest BCUT2D eigenvalue weighted by atomic mass is 19.1. The van der Waals surface area contributed by atoms with Gasteiger partial charge < -0.3 is 15.4 Å². The zero-order valence-electron chi connectivity index (χ0n) is 9.17. The standard InChI is InChI=1S/C11H11FN2O3/c1-6(15)13-4-7-2-3-8-11(10(7)12)14-9(16)5-17-8/h2-3H,4-5H2,1H3,(H,13,15)(H,14,16). The molecule has 0 radical (unpaired) electrons. The third-order valence-corrected chi connectivity index (χ3v) is 2.33. The highest BCUT2D eigenvalue weighted by molar-refractivity contribution is 5.95. The number of benzene rings is 1. The molecule has 1 aliphatic rings. The summed E-state index contributed by atoms with van der Waals surface area (Å²) in [7, 11) is 0. The average Bonchev–Trinajstić information content (AvgIpc) is 2.29. The molecule has 5 nitrogen and oxygen atoms in total. The van der Waals surface area contributed by atoms with E-state index in [4.69, 9.17) is 4.74 Å². The van der Waals surface area contributed by atoms with Gasteiger partial charge in [0, 0.05) is 19.0 Å².